The number of nitrogens with zero attached hydrogens (tertiary/aromatic N) is 1. The van der Waals surface area contributed by atoms with Gasteiger partial charge in [0.1, 0.15) is 11.6 Å². The second-order valence-corrected chi connectivity index (χ2v) is 4.77. The van der Waals surface area contributed by atoms with Gasteiger partial charge in [0.05, 0.1) is 0 Å². The van der Waals surface area contributed by atoms with Crippen LogP contribution in [0.15, 0.2) is 36.5 Å². The summed E-state index contributed by atoms with van der Waals surface area (Å²) in [6, 6.07) is 9.59. The first kappa shape index (κ1) is 14.1. The molecule has 1 N–H and O–H groups in total. The molecule has 1 amide bonds. The van der Waals surface area contributed by atoms with E-state index in [-0.39, 0.29) is 12.5 Å². The Labute approximate surface area is 118 Å². The molecule has 20 heavy (non-hydrogen) atoms. The van der Waals surface area contributed by atoms with Crippen LogP contribution in [0.3, 0.4) is 0 Å². The van der Waals surface area contributed by atoms with Gasteiger partial charge in [0.25, 0.3) is 5.91 Å². The highest BCUT2D eigenvalue weighted by molar-refractivity contribution is 5.91. The summed E-state index contributed by atoms with van der Waals surface area (Å²) in [4.78, 5) is 16.0. The smallest absolute Gasteiger partial charge is 0.263 e. The van der Waals surface area contributed by atoms with Gasteiger partial charge in [0, 0.05) is 6.20 Å². The van der Waals surface area contributed by atoms with Crippen LogP contribution < -0.4 is 10.1 Å². The summed E-state index contributed by atoms with van der Waals surface area (Å²) < 4.78 is 5.53. The van der Waals surface area contributed by atoms with Crippen molar-refractivity contribution in [1.82, 2.24) is 4.98 Å². The Hall–Kier alpha value is -2.36. The second kappa shape index (κ2) is 6.19. The average molecular weight is 270 g/mol. The first-order valence-electron chi connectivity index (χ1n) is 6.48. The molecule has 0 aliphatic carbocycles. The topological polar surface area (TPSA) is 51.2 Å². The lowest BCUT2D eigenvalue weighted by atomic mass is 10.1. The van der Waals surface area contributed by atoms with Gasteiger partial charge < -0.3 is 10.1 Å². The SMILES string of the molecule is Cc1ccc(OCC(=O)Nc2ncccc2C)c(C)c1. The highest BCUT2D eigenvalue weighted by Crippen LogP contribution is 2.18. The Morgan fingerprint density at radius 2 is 2.00 bits per heavy atom. The lowest BCUT2D eigenvalue weighted by molar-refractivity contribution is -0.118. The van der Waals surface area contributed by atoms with E-state index in [9.17, 15) is 4.79 Å². The molecule has 0 aliphatic rings. The van der Waals surface area contributed by atoms with Crippen molar-refractivity contribution in [1.29, 1.82) is 0 Å². The number of carbonyl (C=O) groups is 1. The third-order valence-electron chi connectivity index (χ3n) is 2.96. The number of rotatable bonds is 4. The number of ether oxygens (including phenoxy) is 1. The lowest BCUT2D eigenvalue weighted by Crippen LogP contribution is -2.21. The summed E-state index contributed by atoms with van der Waals surface area (Å²) in [6.07, 6.45) is 1.65. The molecule has 4 nitrogen and oxygen atoms in total. The summed E-state index contributed by atoms with van der Waals surface area (Å²) in [6.45, 7) is 5.85. The van der Waals surface area contributed by atoms with Crippen LogP contribution in [0.25, 0.3) is 0 Å². The van der Waals surface area contributed by atoms with Crippen molar-refractivity contribution in [3.8, 4) is 5.75 Å². The molecule has 0 bridgehead atoms. The van der Waals surface area contributed by atoms with E-state index in [4.69, 9.17) is 4.74 Å². The van der Waals surface area contributed by atoms with E-state index in [2.05, 4.69) is 10.3 Å². The summed E-state index contributed by atoms with van der Waals surface area (Å²) in [5.74, 6) is 1.08. The Morgan fingerprint density at radius 3 is 2.70 bits per heavy atom. The minimum absolute atomic E-state index is 0.0279. The number of benzene rings is 1. The molecule has 2 rings (SSSR count). The van der Waals surface area contributed by atoms with E-state index in [1.165, 1.54) is 5.56 Å². The maximum Gasteiger partial charge on any atom is 0.263 e. The molecule has 104 valence electrons. The fraction of sp³-hybridized carbons (Fsp3) is 0.250. The number of hydrogen-bond acceptors (Lipinski definition) is 3. The molecular weight excluding hydrogens is 252 g/mol. The first-order chi connectivity index (χ1) is 9.56. The average Bonchev–Trinajstić information content (AvgIpc) is 2.40. The Balaban J connectivity index is 1.94. The van der Waals surface area contributed by atoms with E-state index in [1.54, 1.807) is 6.20 Å². The van der Waals surface area contributed by atoms with Crippen molar-refractivity contribution in [3.63, 3.8) is 0 Å². The van der Waals surface area contributed by atoms with E-state index >= 15 is 0 Å². The zero-order chi connectivity index (χ0) is 14.5. The predicted octanol–water partition coefficient (Wildman–Crippen LogP) is 3.02. The molecule has 0 saturated carbocycles. The highest BCUT2D eigenvalue weighted by atomic mass is 16.5. The lowest BCUT2D eigenvalue weighted by Gasteiger charge is -2.10. The van der Waals surface area contributed by atoms with Gasteiger partial charge in [-0.2, -0.15) is 0 Å². The molecule has 0 aliphatic heterocycles. The van der Waals surface area contributed by atoms with Crippen LogP contribution in [0.5, 0.6) is 5.75 Å². The summed E-state index contributed by atoms with van der Waals surface area (Å²) in [5.41, 5.74) is 3.11. The van der Waals surface area contributed by atoms with Crippen LogP contribution in [-0.4, -0.2) is 17.5 Å². The van der Waals surface area contributed by atoms with E-state index in [0.717, 1.165) is 16.9 Å². The number of amides is 1. The largest absolute Gasteiger partial charge is 0.483 e. The quantitative estimate of drug-likeness (QED) is 0.929. The van der Waals surface area contributed by atoms with Gasteiger partial charge in [-0.3, -0.25) is 4.79 Å². The fourth-order valence-corrected chi connectivity index (χ4v) is 1.89. The standard InChI is InChI=1S/C16H18N2O2/c1-11-6-7-14(13(3)9-11)20-10-15(19)18-16-12(2)5-4-8-17-16/h4-9H,10H2,1-3H3,(H,17,18,19). The van der Waals surface area contributed by atoms with Crippen LogP contribution in [0.1, 0.15) is 16.7 Å². The number of aromatic nitrogens is 1. The minimum atomic E-state index is -0.216. The molecule has 0 spiro atoms. The van der Waals surface area contributed by atoms with Crippen molar-refractivity contribution >= 4 is 11.7 Å². The summed E-state index contributed by atoms with van der Waals surface area (Å²) >= 11 is 0. The molecule has 0 unspecified atom stereocenters. The molecular formula is C16H18N2O2. The van der Waals surface area contributed by atoms with Gasteiger partial charge in [-0.1, -0.05) is 23.8 Å². The van der Waals surface area contributed by atoms with Gasteiger partial charge in [-0.25, -0.2) is 4.98 Å². The Kier molecular flexibility index (Phi) is 4.35. The van der Waals surface area contributed by atoms with Crippen molar-refractivity contribution in [2.24, 2.45) is 0 Å². The molecule has 2 aromatic rings. The third-order valence-corrected chi connectivity index (χ3v) is 2.96. The van der Waals surface area contributed by atoms with Crippen molar-refractivity contribution in [2.45, 2.75) is 20.8 Å². The number of carbonyl (C=O) groups excluding carboxylic acids is 1. The molecule has 0 fully saturated rings. The third kappa shape index (κ3) is 3.57. The number of pyridine rings is 1. The van der Waals surface area contributed by atoms with Crippen LogP contribution in [-0.2, 0) is 4.79 Å². The molecule has 4 heteroatoms. The predicted molar refractivity (Wildman–Crippen MR) is 79.0 cm³/mol. The number of hydrogen-bond donors (Lipinski definition) is 1. The van der Waals surface area contributed by atoms with Crippen LogP contribution in [0.4, 0.5) is 5.82 Å². The van der Waals surface area contributed by atoms with Gasteiger partial charge in [-0.05, 0) is 44.0 Å². The van der Waals surface area contributed by atoms with Crippen molar-refractivity contribution in [3.05, 3.63) is 53.2 Å². The number of anilines is 1. The second-order valence-electron chi connectivity index (χ2n) is 4.77. The van der Waals surface area contributed by atoms with Gasteiger partial charge in [0.15, 0.2) is 6.61 Å². The zero-order valence-corrected chi connectivity index (χ0v) is 11.9. The Morgan fingerprint density at radius 1 is 1.20 bits per heavy atom. The van der Waals surface area contributed by atoms with Gasteiger partial charge >= 0.3 is 0 Å². The molecule has 1 aromatic carbocycles. The first-order valence-corrected chi connectivity index (χ1v) is 6.48. The van der Waals surface area contributed by atoms with Gasteiger partial charge in [0.2, 0.25) is 0 Å². The van der Waals surface area contributed by atoms with Crippen molar-refractivity contribution < 1.29 is 9.53 Å². The van der Waals surface area contributed by atoms with E-state index in [1.807, 2.05) is 51.1 Å². The van der Waals surface area contributed by atoms with E-state index < -0.39 is 0 Å². The summed E-state index contributed by atoms with van der Waals surface area (Å²) in [7, 11) is 0. The van der Waals surface area contributed by atoms with Gasteiger partial charge in [-0.15, -0.1) is 0 Å². The molecule has 1 aromatic heterocycles. The maximum absolute atomic E-state index is 11.8. The normalized spacial score (nSPS) is 10.2. The van der Waals surface area contributed by atoms with Crippen LogP contribution in [0.2, 0.25) is 0 Å². The number of aryl methyl sites for hydroxylation is 3. The van der Waals surface area contributed by atoms with E-state index in [0.29, 0.717) is 5.82 Å². The minimum Gasteiger partial charge on any atom is -0.483 e. The molecule has 0 radical (unpaired) electrons. The highest BCUT2D eigenvalue weighted by Gasteiger charge is 2.07. The molecule has 0 saturated heterocycles. The summed E-state index contributed by atoms with van der Waals surface area (Å²) in [5, 5.41) is 2.74. The fourth-order valence-electron chi connectivity index (χ4n) is 1.89. The monoisotopic (exact) mass is 270 g/mol. The number of nitrogens with one attached hydrogen (secondary N) is 1. The maximum atomic E-state index is 11.8. The molecule has 1 heterocycles. The van der Waals surface area contributed by atoms with Crippen LogP contribution >= 0.6 is 0 Å². The zero-order valence-electron chi connectivity index (χ0n) is 11.9. The molecule has 0 atom stereocenters. The van der Waals surface area contributed by atoms with Crippen molar-refractivity contribution in [2.75, 3.05) is 11.9 Å². The van der Waals surface area contributed by atoms with Crippen LogP contribution in [0, 0.1) is 20.8 Å². The Bertz CT molecular complexity index is 624.